The van der Waals surface area contributed by atoms with Crippen LogP contribution in [0.2, 0.25) is 10.0 Å². The van der Waals surface area contributed by atoms with E-state index in [9.17, 15) is 0 Å². The van der Waals surface area contributed by atoms with E-state index < -0.39 is 0 Å². The second kappa shape index (κ2) is 8.34. The minimum absolute atomic E-state index is 0.539. The molecule has 0 atom stereocenters. The van der Waals surface area contributed by atoms with Crippen molar-refractivity contribution in [1.82, 2.24) is 30.0 Å². The summed E-state index contributed by atoms with van der Waals surface area (Å²) in [5, 5.41) is 19.2. The molecule has 0 saturated carbocycles. The number of aromatic nitrogens is 6. The minimum atomic E-state index is 0.539. The van der Waals surface area contributed by atoms with Crippen LogP contribution in [0.3, 0.4) is 0 Å². The van der Waals surface area contributed by atoms with Crippen LogP contribution >= 0.6 is 35.0 Å². The van der Waals surface area contributed by atoms with Gasteiger partial charge in [-0.3, -0.25) is 0 Å². The Bertz CT molecular complexity index is 1070. The molecule has 0 radical (unpaired) electrons. The predicted molar refractivity (Wildman–Crippen MR) is 112 cm³/mol. The van der Waals surface area contributed by atoms with Crippen LogP contribution in [0.1, 0.15) is 12.5 Å². The molecule has 0 amide bonds. The molecule has 0 spiro atoms. The molecule has 9 heteroatoms. The number of aryl methyl sites for hydroxylation is 1. The van der Waals surface area contributed by atoms with Crippen LogP contribution in [0.15, 0.2) is 59.8 Å². The fourth-order valence-electron chi connectivity index (χ4n) is 2.69. The minimum Gasteiger partial charge on any atom is -0.226 e. The molecular formula is C19H16Cl2N6S. The maximum atomic E-state index is 6.20. The Balaban J connectivity index is 1.77. The third-order valence-corrected chi connectivity index (χ3v) is 5.59. The maximum Gasteiger partial charge on any atom is 0.209 e. The lowest BCUT2D eigenvalue weighted by atomic mass is 10.2. The lowest BCUT2D eigenvalue weighted by Gasteiger charge is -2.10. The molecule has 0 saturated heterocycles. The van der Waals surface area contributed by atoms with Crippen LogP contribution in [0.5, 0.6) is 0 Å². The first-order chi connectivity index (χ1) is 13.6. The second-order valence-electron chi connectivity index (χ2n) is 5.98. The number of thioether (sulfide) groups is 1. The molecule has 0 N–H and O–H groups in total. The van der Waals surface area contributed by atoms with Gasteiger partial charge in [-0.15, -0.1) is 22.0 Å². The zero-order valence-electron chi connectivity index (χ0n) is 15.0. The number of hydrogen-bond acceptors (Lipinski definition) is 5. The summed E-state index contributed by atoms with van der Waals surface area (Å²) in [5.41, 5.74) is 2.81. The molecule has 4 rings (SSSR count). The summed E-state index contributed by atoms with van der Waals surface area (Å²) in [7, 11) is 0. The average molecular weight is 431 g/mol. The molecule has 0 aliphatic heterocycles. The molecule has 0 bridgehead atoms. The molecule has 2 heterocycles. The van der Waals surface area contributed by atoms with Crippen molar-refractivity contribution >= 4 is 35.0 Å². The van der Waals surface area contributed by atoms with Gasteiger partial charge in [0.15, 0.2) is 0 Å². The van der Waals surface area contributed by atoms with E-state index in [-0.39, 0.29) is 0 Å². The number of nitrogens with zero attached hydrogens (tertiary/aromatic N) is 6. The Morgan fingerprint density at radius 2 is 1.79 bits per heavy atom. The summed E-state index contributed by atoms with van der Waals surface area (Å²) in [6.07, 6.45) is 1.75. The predicted octanol–water partition coefficient (Wildman–Crippen LogP) is 5.14. The number of rotatable bonds is 6. The van der Waals surface area contributed by atoms with Crippen molar-refractivity contribution < 1.29 is 0 Å². The van der Waals surface area contributed by atoms with Gasteiger partial charge in [0.25, 0.3) is 0 Å². The first-order valence-electron chi connectivity index (χ1n) is 8.63. The molecule has 6 nitrogen and oxygen atoms in total. The summed E-state index contributed by atoms with van der Waals surface area (Å²) in [5.74, 6) is 1.31. The molecule has 0 aliphatic rings. The van der Waals surface area contributed by atoms with Crippen LogP contribution in [-0.2, 0) is 12.3 Å². The fourth-order valence-corrected chi connectivity index (χ4v) is 4.27. The van der Waals surface area contributed by atoms with Gasteiger partial charge in [0.05, 0.1) is 24.0 Å². The zero-order valence-corrected chi connectivity index (χ0v) is 17.3. The van der Waals surface area contributed by atoms with Gasteiger partial charge in [-0.25, -0.2) is 4.68 Å². The summed E-state index contributed by atoms with van der Waals surface area (Å²) < 4.78 is 1.81. The van der Waals surface area contributed by atoms with Crippen LogP contribution < -0.4 is 0 Å². The molecule has 4 aromatic rings. The SMILES string of the molecule is CCn1nnc(-c2cnn(-c3cc(Cl)cc(Cl)c3)c2SCc2ccccc2)n1. The van der Waals surface area contributed by atoms with E-state index in [2.05, 4.69) is 32.6 Å². The largest absolute Gasteiger partial charge is 0.226 e. The van der Waals surface area contributed by atoms with E-state index in [1.54, 1.807) is 28.8 Å². The highest BCUT2D eigenvalue weighted by Gasteiger charge is 2.19. The van der Waals surface area contributed by atoms with Gasteiger partial charge in [0.1, 0.15) is 5.03 Å². The highest BCUT2D eigenvalue weighted by Crippen LogP contribution is 2.34. The van der Waals surface area contributed by atoms with Crippen molar-refractivity contribution in [3.8, 4) is 17.1 Å². The Morgan fingerprint density at radius 1 is 1.04 bits per heavy atom. The molecular weight excluding hydrogens is 415 g/mol. The van der Waals surface area contributed by atoms with Crippen molar-refractivity contribution in [1.29, 1.82) is 0 Å². The number of hydrogen-bond donors (Lipinski definition) is 0. The fraction of sp³-hybridized carbons (Fsp3) is 0.158. The molecule has 2 aromatic carbocycles. The van der Waals surface area contributed by atoms with Gasteiger partial charge in [-0.2, -0.15) is 9.90 Å². The quantitative estimate of drug-likeness (QED) is 0.396. The molecule has 142 valence electrons. The van der Waals surface area contributed by atoms with Gasteiger partial charge in [-0.1, -0.05) is 53.5 Å². The lowest BCUT2D eigenvalue weighted by Crippen LogP contribution is -2.00. The zero-order chi connectivity index (χ0) is 19.5. The molecule has 28 heavy (non-hydrogen) atoms. The third kappa shape index (κ3) is 4.06. The summed E-state index contributed by atoms with van der Waals surface area (Å²) in [6.45, 7) is 2.62. The number of benzene rings is 2. The van der Waals surface area contributed by atoms with Gasteiger partial charge in [-0.05, 0) is 35.9 Å². The molecule has 0 unspecified atom stereocenters. The molecule has 0 aliphatic carbocycles. The van der Waals surface area contributed by atoms with Crippen molar-refractivity contribution in [2.75, 3.05) is 0 Å². The molecule has 2 aromatic heterocycles. The first kappa shape index (κ1) is 19.0. The van der Waals surface area contributed by atoms with E-state index >= 15 is 0 Å². The summed E-state index contributed by atoms with van der Waals surface area (Å²) >= 11 is 14.1. The monoisotopic (exact) mass is 430 g/mol. The Kier molecular flexibility index (Phi) is 5.66. The number of tetrazole rings is 1. The third-order valence-electron chi connectivity index (χ3n) is 4.01. The normalized spacial score (nSPS) is 11.1. The highest BCUT2D eigenvalue weighted by atomic mass is 35.5. The van der Waals surface area contributed by atoms with Crippen molar-refractivity contribution in [2.45, 2.75) is 24.2 Å². The van der Waals surface area contributed by atoms with E-state index in [1.807, 2.05) is 41.9 Å². The highest BCUT2D eigenvalue weighted by molar-refractivity contribution is 7.98. The lowest BCUT2D eigenvalue weighted by molar-refractivity contribution is 0.552. The first-order valence-corrected chi connectivity index (χ1v) is 10.4. The van der Waals surface area contributed by atoms with Crippen LogP contribution in [0.4, 0.5) is 0 Å². The topological polar surface area (TPSA) is 61.4 Å². The summed E-state index contributed by atoms with van der Waals surface area (Å²) in [6, 6.07) is 15.6. The van der Waals surface area contributed by atoms with E-state index in [0.29, 0.717) is 22.4 Å². The summed E-state index contributed by atoms with van der Waals surface area (Å²) in [4.78, 5) is 1.55. The van der Waals surface area contributed by atoms with E-state index in [4.69, 9.17) is 23.2 Å². The van der Waals surface area contributed by atoms with Crippen molar-refractivity contribution in [3.63, 3.8) is 0 Å². The standard InChI is InChI=1S/C19H16Cl2N6S/c1-2-26-24-18(23-25-26)17-11-22-27(16-9-14(20)8-15(21)10-16)19(17)28-12-13-6-4-3-5-7-13/h3-11H,2,12H2,1H3. The van der Waals surface area contributed by atoms with Gasteiger partial charge in [0, 0.05) is 15.8 Å². The van der Waals surface area contributed by atoms with Crippen molar-refractivity contribution in [3.05, 3.63) is 70.3 Å². The number of halogens is 2. The van der Waals surface area contributed by atoms with Crippen LogP contribution in [0, 0.1) is 0 Å². The Morgan fingerprint density at radius 3 is 2.46 bits per heavy atom. The van der Waals surface area contributed by atoms with E-state index in [1.165, 1.54) is 5.56 Å². The van der Waals surface area contributed by atoms with Gasteiger partial charge < -0.3 is 0 Å². The van der Waals surface area contributed by atoms with E-state index in [0.717, 1.165) is 22.0 Å². The maximum absolute atomic E-state index is 6.20. The van der Waals surface area contributed by atoms with Gasteiger partial charge >= 0.3 is 0 Å². The van der Waals surface area contributed by atoms with Crippen molar-refractivity contribution in [2.24, 2.45) is 0 Å². The van der Waals surface area contributed by atoms with Crippen LogP contribution in [0.25, 0.3) is 17.1 Å². The smallest absolute Gasteiger partial charge is 0.209 e. The molecule has 0 fully saturated rings. The van der Waals surface area contributed by atoms with Crippen LogP contribution in [-0.4, -0.2) is 30.0 Å². The van der Waals surface area contributed by atoms with Gasteiger partial charge in [0.2, 0.25) is 5.82 Å². The Hall–Kier alpha value is -2.35. The average Bonchev–Trinajstić information content (AvgIpc) is 3.33. The Labute approximate surface area is 176 Å². The second-order valence-corrected chi connectivity index (χ2v) is 7.82.